The largest absolute Gasteiger partial charge is 0.497 e. The average molecular weight is 507 g/mol. The van der Waals surface area contributed by atoms with E-state index >= 15 is 0 Å². The van der Waals surface area contributed by atoms with Gasteiger partial charge in [-0.05, 0) is 54.2 Å². The summed E-state index contributed by atoms with van der Waals surface area (Å²) in [4.78, 5) is 12.6. The van der Waals surface area contributed by atoms with Crippen LogP contribution in [0.25, 0.3) is 0 Å². The number of anilines is 1. The SMILES string of the molecule is COc1ccc(NC(=S)NC(NC(=O)Cc2ccc(OC)c(OC)c2)C(Cl)(Cl)Cl)cc1. The Kier molecular flexibility index (Phi) is 9.31. The summed E-state index contributed by atoms with van der Waals surface area (Å²) in [5.41, 5.74) is 1.38. The molecule has 1 atom stereocenters. The Balaban J connectivity index is 2.01. The Labute approximate surface area is 201 Å². The number of nitrogens with one attached hydrogen (secondary N) is 3. The summed E-state index contributed by atoms with van der Waals surface area (Å²) >= 11 is 23.4. The lowest BCUT2D eigenvalue weighted by Gasteiger charge is -2.28. The van der Waals surface area contributed by atoms with E-state index in [0.717, 1.165) is 0 Å². The number of halogens is 3. The van der Waals surface area contributed by atoms with Crippen LogP contribution >= 0.6 is 47.0 Å². The molecule has 0 bridgehead atoms. The highest BCUT2D eigenvalue weighted by molar-refractivity contribution is 7.80. The zero-order chi connectivity index (χ0) is 23.0. The highest BCUT2D eigenvalue weighted by Gasteiger charge is 2.34. The second-order valence-corrected chi connectivity index (χ2v) is 9.01. The maximum atomic E-state index is 12.6. The number of carbonyl (C=O) groups excluding carboxylic acids is 1. The van der Waals surface area contributed by atoms with Gasteiger partial charge in [0.15, 0.2) is 16.6 Å². The maximum Gasteiger partial charge on any atom is 0.228 e. The zero-order valence-electron chi connectivity index (χ0n) is 17.0. The van der Waals surface area contributed by atoms with E-state index in [0.29, 0.717) is 28.5 Å². The van der Waals surface area contributed by atoms with E-state index < -0.39 is 9.96 Å². The van der Waals surface area contributed by atoms with Gasteiger partial charge in [-0.1, -0.05) is 40.9 Å². The Morgan fingerprint density at radius 2 is 1.61 bits per heavy atom. The standard InChI is InChI=1S/C20H22Cl3N3O4S/c1-28-14-7-5-13(6-8-14)24-19(31)26-18(20(21,22)23)25-17(27)11-12-4-9-15(29-2)16(10-12)30-3/h4-10,18H,11H2,1-3H3,(H,25,27)(H2,24,26,31). The van der Waals surface area contributed by atoms with Crippen molar-refractivity contribution >= 4 is 63.7 Å². The lowest BCUT2D eigenvalue weighted by Crippen LogP contribution is -2.56. The third kappa shape index (κ3) is 7.81. The summed E-state index contributed by atoms with van der Waals surface area (Å²) in [6.45, 7) is 0. The molecule has 1 amide bonds. The molecule has 0 fully saturated rings. The molecule has 31 heavy (non-hydrogen) atoms. The number of methoxy groups -OCH3 is 3. The molecule has 0 saturated carbocycles. The lowest BCUT2D eigenvalue weighted by molar-refractivity contribution is -0.121. The van der Waals surface area contributed by atoms with Crippen molar-refractivity contribution in [1.29, 1.82) is 0 Å². The van der Waals surface area contributed by atoms with Crippen molar-refractivity contribution < 1.29 is 19.0 Å². The predicted octanol–water partition coefficient (Wildman–Crippen LogP) is 4.05. The van der Waals surface area contributed by atoms with Crippen LogP contribution in [-0.4, -0.2) is 42.3 Å². The second kappa shape index (κ2) is 11.5. The molecule has 7 nitrogen and oxygen atoms in total. The molecule has 0 spiro atoms. The topological polar surface area (TPSA) is 80.9 Å². The van der Waals surface area contributed by atoms with E-state index in [9.17, 15) is 4.79 Å². The van der Waals surface area contributed by atoms with Gasteiger partial charge < -0.3 is 30.2 Å². The molecule has 11 heteroatoms. The first-order valence-electron chi connectivity index (χ1n) is 8.94. The summed E-state index contributed by atoms with van der Waals surface area (Å²) in [5, 5.41) is 8.56. The fourth-order valence-electron chi connectivity index (χ4n) is 2.56. The molecular weight excluding hydrogens is 485 g/mol. The van der Waals surface area contributed by atoms with E-state index in [-0.39, 0.29) is 17.4 Å². The molecule has 2 aromatic carbocycles. The summed E-state index contributed by atoms with van der Waals surface area (Å²) in [6.07, 6.45) is -1.05. The first-order valence-corrected chi connectivity index (χ1v) is 10.5. The van der Waals surface area contributed by atoms with Crippen molar-refractivity contribution in [3.8, 4) is 17.2 Å². The van der Waals surface area contributed by atoms with Crippen molar-refractivity contribution in [2.24, 2.45) is 0 Å². The minimum atomic E-state index is -1.86. The van der Waals surface area contributed by atoms with Crippen molar-refractivity contribution in [3.05, 3.63) is 48.0 Å². The van der Waals surface area contributed by atoms with Crippen LogP contribution in [0.3, 0.4) is 0 Å². The minimum absolute atomic E-state index is 0.0257. The number of thiocarbonyl (C=S) groups is 1. The van der Waals surface area contributed by atoms with Crippen molar-refractivity contribution in [2.75, 3.05) is 26.6 Å². The molecular formula is C20H22Cl3N3O4S. The minimum Gasteiger partial charge on any atom is -0.497 e. The summed E-state index contributed by atoms with van der Waals surface area (Å²) in [7, 11) is 4.62. The summed E-state index contributed by atoms with van der Waals surface area (Å²) < 4.78 is 13.7. The zero-order valence-corrected chi connectivity index (χ0v) is 20.1. The Bertz CT molecular complexity index is 908. The number of hydrogen-bond acceptors (Lipinski definition) is 5. The van der Waals surface area contributed by atoms with E-state index in [1.54, 1.807) is 49.6 Å². The van der Waals surface area contributed by atoms with Gasteiger partial charge in [0.2, 0.25) is 9.70 Å². The molecule has 0 aliphatic heterocycles. The van der Waals surface area contributed by atoms with Gasteiger partial charge in [0, 0.05) is 5.69 Å². The molecule has 2 aromatic rings. The number of rotatable bonds is 8. The van der Waals surface area contributed by atoms with E-state index in [2.05, 4.69) is 16.0 Å². The van der Waals surface area contributed by atoms with Gasteiger partial charge in [-0.2, -0.15) is 0 Å². The van der Waals surface area contributed by atoms with E-state index in [1.165, 1.54) is 14.2 Å². The molecule has 168 valence electrons. The van der Waals surface area contributed by atoms with Crippen molar-refractivity contribution in [2.45, 2.75) is 16.4 Å². The molecule has 0 aromatic heterocycles. The van der Waals surface area contributed by atoms with Crippen LogP contribution < -0.4 is 30.2 Å². The lowest BCUT2D eigenvalue weighted by atomic mass is 10.1. The summed E-state index contributed by atoms with van der Waals surface area (Å²) in [6, 6.07) is 12.2. The molecule has 3 N–H and O–H groups in total. The number of alkyl halides is 3. The Hall–Kier alpha value is -2.13. The van der Waals surface area contributed by atoms with Gasteiger partial charge in [0.05, 0.1) is 27.8 Å². The van der Waals surface area contributed by atoms with Gasteiger partial charge >= 0.3 is 0 Å². The van der Waals surface area contributed by atoms with Crippen LogP contribution in [0, 0.1) is 0 Å². The van der Waals surface area contributed by atoms with Gasteiger partial charge in [-0.25, -0.2) is 0 Å². The molecule has 0 radical (unpaired) electrons. The first-order chi connectivity index (χ1) is 14.7. The van der Waals surface area contributed by atoms with E-state index in [1.807, 2.05) is 0 Å². The Morgan fingerprint density at radius 1 is 0.968 bits per heavy atom. The fourth-order valence-corrected chi connectivity index (χ4v) is 3.12. The van der Waals surface area contributed by atoms with Crippen LogP contribution in [0.2, 0.25) is 0 Å². The van der Waals surface area contributed by atoms with Crippen LogP contribution in [-0.2, 0) is 11.2 Å². The second-order valence-electron chi connectivity index (χ2n) is 6.24. The number of hydrogen-bond donors (Lipinski definition) is 3. The van der Waals surface area contributed by atoms with E-state index in [4.69, 9.17) is 61.2 Å². The Morgan fingerprint density at radius 3 is 2.16 bits per heavy atom. The average Bonchev–Trinajstić information content (AvgIpc) is 2.73. The van der Waals surface area contributed by atoms with Gasteiger partial charge in [-0.3, -0.25) is 4.79 Å². The predicted molar refractivity (Wildman–Crippen MR) is 128 cm³/mol. The number of ether oxygens (including phenoxy) is 3. The normalized spacial score (nSPS) is 11.8. The third-order valence-electron chi connectivity index (χ3n) is 4.07. The first kappa shape index (κ1) is 25.1. The maximum absolute atomic E-state index is 12.6. The molecule has 0 heterocycles. The van der Waals surface area contributed by atoms with Crippen molar-refractivity contribution in [3.63, 3.8) is 0 Å². The number of benzene rings is 2. The van der Waals surface area contributed by atoms with Crippen LogP contribution in [0.5, 0.6) is 17.2 Å². The number of carbonyl (C=O) groups is 1. The monoisotopic (exact) mass is 505 g/mol. The van der Waals surface area contributed by atoms with Crippen LogP contribution in [0.1, 0.15) is 5.56 Å². The summed E-state index contributed by atoms with van der Waals surface area (Å²) in [5.74, 6) is 1.38. The van der Waals surface area contributed by atoms with Crippen LogP contribution in [0.15, 0.2) is 42.5 Å². The number of amides is 1. The molecule has 0 aliphatic carbocycles. The fraction of sp³-hybridized carbons (Fsp3) is 0.300. The van der Waals surface area contributed by atoms with Gasteiger partial charge in [-0.15, -0.1) is 0 Å². The van der Waals surface area contributed by atoms with Gasteiger partial charge in [0.1, 0.15) is 11.9 Å². The molecule has 1 unspecified atom stereocenters. The molecule has 2 rings (SSSR count). The van der Waals surface area contributed by atoms with Gasteiger partial charge in [0.25, 0.3) is 0 Å². The highest BCUT2D eigenvalue weighted by Crippen LogP contribution is 2.30. The molecule has 0 aliphatic rings. The highest BCUT2D eigenvalue weighted by atomic mass is 35.6. The molecule has 0 saturated heterocycles. The smallest absolute Gasteiger partial charge is 0.228 e. The quantitative estimate of drug-likeness (QED) is 0.283. The van der Waals surface area contributed by atoms with Crippen LogP contribution in [0.4, 0.5) is 5.69 Å². The van der Waals surface area contributed by atoms with Crippen molar-refractivity contribution in [1.82, 2.24) is 10.6 Å². The third-order valence-corrected chi connectivity index (χ3v) is 4.94.